The number of aromatic carboxylic acids is 1. The van der Waals surface area contributed by atoms with Crippen LogP contribution in [0.4, 0.5) is 0 Å². The summed E-state index contributed by atoms with van der Waals surface area (Å²) < 4.78 is 5.58. The highest BCUT2D eigenvalue weighted by molar-refractivity contribution is 5.96. The fourth-order valence-electron chi connectivity index (χ4n) is 2.43. The summed E-state index contributed by atoms with van der Waals surface area (Å²) >= 11 is 0. The zero-order valence-electron chi connectivity index (χ0n) is 11.5. The van der Waals surface area contributed by atoms with E-state index in [9.17, 15) is 9.59 Å². The van der Waals surface area contributed by atoms with Gasteiger partial charge in [-0.15, -0.1) is 0 Å². The number of rotatable bonds is 4. The molecule has 1 aliphatic heterocycles. The quantitative estimate of drug-likeness (QED) is 0.914. The highest BCUT2D eigenvalue weighted by atomic mass is 16.5. The van der Waals surface area contributed by atoms with Gasteiger partial charge in [-0.25, -0.2) is 4.79 Å². The van der Waals surface area contributed by atoms with Gasteiger partial charge in [0.1, 0.15) is 0 Å². The summed E-state index contributed by atoms with van der Waals surface area (Å²) in [5.41, 5.74) is 0.708. The van der Waals surface area contributed by atoms with Crippen molar-refractivity contribution in [3.05, 3.63) is 35.4 Å². The lowest BCUT2D eigenvalue weighted by atomic mass is 10.1. The number of piperidine rings is 1. The number of carbonyl (C=O) groups is 2. The molecule has 20 heavy (non-hydrogen) atoms. The van der Waals surface area contributed by atoms with Crippen molar-refractivity contribution in [2.45, 2.75) is 25.9 Å². The Kier molecular flexibility index (Phi) is 4.74. The minimum absolute atomic E-state index is 0.0636. The van der Waals surface area contributed by atoms with Crippen molar-refractivity contribution in [2.24, 2.45) is 0 Å². The standard InChI is InChI=1S/C15H19NO4/c1-2-20-13-4-3-9-16(10-13)14(17)11-5-7-12(8-6-11)15(18)19/h5-8,13H,2-4,9-10H2,1H3,(H,18,19). The Morgan fingerprint density at radius 1 is 1.30 bits per heavy atom. The van der Waals surface area contributed by atoms with Crippen molar-refractivity contribution in [1.29, 1.82) is 0 Å². The van der Waals surface area contributed by atoms with Crippen LogP contribution in [-0.4, -0.2) is 47.7 Å². The number of likely N-dealkylation sites (tertiary alicyclic amines) is 1. The van der Waals surface area contributed by atoms with Gasteiger partial charge in [-0.3, -0.25) is 4.79 Å². The predicted molar refractivity (Wildman–Crippen MR) is 74.0 cm³/mol. The average molecular weight is 277 g/mol. The van der Waals surface area contributed by atoms with Gasteiger partial charge in [-0.05, 0) is 44.0 Å². The molecule has 0 radical (unpaired) electrons. The first-order valence-electron chi connectivity index (χ1n) is 6.86. The fourth-order valence-corrected chi connectivity index (χ4v) is 2.43. The summed E-state index contributed by atoms with van der Waals surface area (Å²) in [5, 5.41) is 8.84. The zero-order chi connectivity index (χ0) is 14.5. The lowest BCUT2D eigenvalue weighted by Crippen LogP contribution is -2.43. The van der Waals surface area contributed by atoms with Crippen LogP contribution in [0.3, 0.4) is 0 Å². The second-order valence-electron chi connectivity index (χ2n) is 4.85. The third kappa shape index (κ3) is 3.36. The van der Waals surface area contributed by atoms with Crippen molar-refractivity contribution in [1.82, 2.24) is 4.90 Å². The Morgan fingerprint density at radius 2 is 1.95 bits per heavy atom. The molecule has 1 aliphatic rings. The minimum Gasteiger partial charge on any atom is -0.478 e. The first-order valence-corrected chi connectivity index (χ1v) is 6.86. The van der Waals surface area contributed by atoms with E-state index in [1.54, 1.807) is 17.0 Å². The van der Waals surface area contributed by atoms with E-state index in [1.165, 1.54) is 12.1 Å². The van der Waals surface area contributed by atoms with Crippen LogP contribution in [0.5, 0.6) is 0 Å². The monoisotopic (exact) mass is 277 g/mol. The molecule has 2 rings (SSSR count). The Bertz CT molecular complexity index is 481. The first-order chi connectivity index (χ1) is 9.61. The van der Waals surface area contributed by atoms with E-state index in [1.807, 2.05) is 6.92 Å². The largest absolute Gasteiger partial charge is 0.478 e. The van der Waals surface area contributed by atoms with Gasteiger partial charge < -0.3 is 14.7 Å². The Morgan fingerprint density at radius 3 is 2.55 bits per heavy atom. The molecule has 1 amide bonds. The molecule has 0 bridgehead atoms. The van der Waals surface area contributed by atoms with Gasteiger partial charge in [-0.2, -0.15) is 0 Å². The summed E-state index contributed by atoms with van der Waals surface area (Å²) in [4.78, 5) is 24.9. The number of nitrogens with zero attached hydrogens (tertiary/aromatic N) is 1. The van der Waals surface area contributed by atoms with Gasteiger partial charge in [0.25, 0.3) is 5.91 Å². The second kappa shape index (κ2) is 6.52. The maximum atomic E-state index is 12.4. The molecular weight excluding hydrogens is 258 g/mol. The number of hydrogen-bond donors (Lipinski definition) is 1. The molecule has 5 heteroatoms. The molecular formula is C15H19NO4. The molecule has 5 nitrogen and oxygen atoms in total. The van der Waals surface area contributed by atoms with Crippen LogP contribution in [-0.2, 0) is 4.74 Å². The average Bonchev–Trinajstić information content (AvgIpc) is 2.47. The smallest absolute Gasteiger partial charge is 0.335 e. The molecule has 1 N–H and O–H groups in total. The summed E-state index contributed by atoms with van der Waals surface area (Å²) in [5.74, 6) is -1.05. The molecule has 1 unspecified atom stereocenters. The van der Waals surface area contributed by atoms with E-state index in [4.69, 9.17) is 9.84 Å². The van der Waals surface area contributed by atoms with Gasteiger partial charge in [0.05, 0.1) is 11.7 Å². The number of carbonyl (C=O) groups excluding carboxylic acids is 1. The van der Waals surface area contributed by atoms with E-state index in [0.717, 1.165) is 19.4 Å². The number of hydrogen-bond acceptors (Lipinski definition) is 3. The van der Waals surface area contributed by atoms with Crippen molar-refractivity contribution in [3.8, 4) is 0 Å². The molecule has 1 aromatic carbocycles. The molecule has 1 atom stereocenters. The summed E-state index contributed by atoms with van der Waals surface area (Å²) in [6, 6.07) is 6.05. The van der Waals surface area contributed by atoms with E-state index in [-0.39, 0.29) is 17.6 Å². The number of benzene rings is 1. The highest BCUT2D eigenvalue weighted by Gasteiger charge is 2.24. The van der Waals surface area contributed by atoms with E-state index in [0.29, 0.717) is 18.7 Å². The molecule has 0 aliphatic carbocycles. The van der Waals surface area contributed by atoms with Crippen molar-refractivity contribution in [2.75, 3.05) is 19.7 Å². The lowest BCUT2D eigenvalue weighted by Gasteiger charge is -2.32. The maximum Gasteiger partial charge on any atom is 0.335 e. The van der Waals surface area contributed by atoms with Gasteiger partial charge in [0.2, 0.25) is 0 Å². The van der Waals surface area contributed by atoms with Gasteiger partial charge in [0, 0.05) is 25.3 Å². The van der Waals surface area contributed by atoms with Crippen LogP contribution in [0.25, 0.3) is 0 Å². The first kappa shape index (κ1) is 14.5. The van der Waals surface area contributed by atoms with Crippen LogP contribution in [0.15, 0.2) is 24.3 Å². The van der Waals surface area contributed by atoms with Crippen LogP contribution in [0, 0.1) is 0 Å². The Hall–Kier alpha value is -1.88. The third-order valence-corrected chi connectivity index (χ3v) is 3.45. The predicted octanol–water partition coefficient (Wildman–Crippen LogP) is 2.03. The van der Waals surface area contributed by atoms with Crippen molar-refractivity contribution in [3.63, 3.8) is 0 Å². The summed E-state index contributed by atoms with van der Waals surface area (Å²) in [7, 11) is 0. The van der Waals surface area contributed by atoms with Crippen LogP contribution in [0.2, 0.25) is 0 Å². The van der Waals surface area contributed by atoms with E-state index < -0.39 is 5.97 Å². The van der Waals surface area contributed by atoms with E-state index >= 15 is 0 Å². The number of carboxylic acids is 1. The maximum absolute atomic E-state index is 12.4. The Balaban J connectivity index is 2.04. The van der Waals surface area contributed by atoms with Crippen LogP contribution < -0.4 is 0 Å². The number of ether oxygens (including phenoxy) is 1. The fraction of sp³-hybridized carbons (Fsp3) is 0.467. The molecule has 1 aromatic rings. The third-order valence-electron chi connectivity index (χ3n) is 3.45. The minimum atomic E-state index is -0.988. The van der Waals surface area contributed by atoms with Gasteiger partial charge in [0.15, 0.2) is 0 Å². The van der Waals surface area contributed by atoms with Crippen LogP contribution >= 0.6 is 0 Å². The molecule has 1 fully saturated rings. The highest BCUT2D eigenvalue weighted by Crippen LogP contribution is 2.16. The summed E-state index contributed by atoms with van der Waals surface area (Å²) in [6.07, 6.45) is 2.02. The summed E-state index contributed by atoms with van der Waals surface area (Å²) in [6.45, 7) is 3.93. The van der Waals surface area contributed by atoms with Crippen LogP contribution in [0.1, 0.15) is 40.5 Å². The molecule has 1 saturated heterocycles. The van der Waals surface area contributed by atoms with Crippen molar-refractivity contribution >= 4 is 11.9 Å². The molecule has 0 saturated carbocycles. The second-order valence-corrected chi connectivity index (χ2v) is 4.85. The topological polar surface area (TPSA) is 66.8 Å². The molecule has 0 spiro atoms. The normalized spacial score (nSPS) is 18.9. The Labute approximate surface area is 118 Å². The molecule has 1 heterocycles. The van der Waals surface area contributed by atoms with Gasteiger partial charge >= 0.3 is 5.97 Å². The SMILES string of the molecule is CCOC1CCCN(C(=O)c2ccc(C(=O)O)cc2)C1. The molecule has 108 valence electrons. The molecule has 0 aromatic heterocycles. The van der Waals surface area contributed by atoms with Crippen molar-refractivity contribution < 1.29 is 19.4 Å². The number of amides is 1. The van der Waals surface area contributed by atoms with E-state index in [2.05, 4.69) is 0 Å². The van der Waals surface area contributed by atoms with Gasteiger partial charge in [-0.1, -0.05) is 0 Å². The lowest BCUT2D eigenvalue weighted by molar-refractivity contribution is 0.00724. The number of carboxylic acid groups (broad SMARTS) is 1. The zero-order valence-corrected chi connectivity index (χ0v) is 11.5.